The lowest BCUT2D eigenvalue weighted by Crippen LogP contribution is -2.33. The van der Waals surface area contributed by atoms with Crippen molar-refractivity contribution in [2.24, 2.45) is 0 Å². The highest BCUT2D eigenvalue weighted by Crippen LogP contribution is 2.46. The fourth-order valence-corrected chi connectivity index (χ4v) is 6.87. The second kappa shape index (κ2) is 12.4. The first-order valence-electron chi connectivity index (χ1n) is 14.3. The molecule has 2 heterocycles. The molecule has 6 rings (SSSR count). The Hall–Kier alpha value is -3.81. The molecule has 2 aliphatic carbocycles. The number of nitrogens with zero attached hydrogens (tertiary/aromatic N) is 3. The summed E-state index contributed by atoms with van der Waals surface area (Å²) < 4.78 is 80.3. The van der Waals surface area contributed by atoms with Crippen LogP contribution in [0.5, 0.6) is 5.88 Å². The van der Waals surface area contributed by atoms with Crippen molar-refractivity contribution in [3.8, 4) is 17.1 Å². The van der Waals surface area contributed by atoms with Gasteiger partial charge in [0.25, 0.3) is 5.91 Å². The number of aromatic nitrogens is 2. The summed E-state index contributed by atoms with van der Waals surface area (Å²) in [4.78, 5) is 17.6. The largest absolute Gasteiger partial charge is 0.473 e. The Kier molecular flexibility index (Phi) is 8.68. The van der Waals surface area contributed by atoms with Gasteiger partial charge in [0.1, 0.15) is 18.1 Å². The van der Waals surface area contributed by atoms with Crippen molar-refractivity contribution in [3.63, 3.8) is 0 Å². The Balaban J connectivity index is 1.19. The summed E-state index contributed by atoms with van der Waals surface area (Å²) in [6.45, 7) is -0.131. The number of alkyl halides is 3. The molecule has 0 spiro atoms. The van der Waals surface area contributed by atoms with Crippen LogP contribution in [-0.4, -0.2) is 36.8 Å². The van der Waals surface area contributed by atoms with Gasteiger partial charge in [0.15, 0.2) is 5.69 Å². The smallest absolute Gasteiger partial charge is 0.435 e. The normalized spacial score (nSPS) is 15.1. The number of carbonyl (C=O) groups is 1. The highest BCUT2D eigenvalue weighted by molar-refractivity contribution is 7.91. The molecule has 1 N–H and O–H groups in total. The first-order valence-corrected chi connectivity index (χ1v) is 16.6. The van der Waals surface area contributed by atoms with E-state index in [2.05, 4.69) is 14.9 Å². The fourth-order valence-electron chi connectivity index (χ4n) is 5.00. The van der Waals surface area contributed by atoms with E-state index in [9.17, 15) is 26.4 Å². The molecule has 46 heavy (non-hydrogen) atoms. The second-order valence-corrected chi connectivity index (χ2v) is 14.1. The summed E-state index contributed by atoms with van der Waals surface area (Å²) in [6.07, 6.45) is -2.01. The molecule has 0 aliphatic heterocycles. The zero-order valence-electron chi connectivity index (χ0n) is 24.3. The van der Waals surface area contributed by atoms with Crippen molar-refractivity contribution in [2.45, 2.75) is 56.2 Å². The maximum atomic E-state index is 14.2. The minimum Gasteiger partial charge on any atom is -0.473 e. The lowest BCUT2D eigenvalue weighted by atomic mass is 10.0. The van der Waals surface area contributed by atoms with E-state index in [1.807, 2.05) is 0 Å². The maximum absolute atomic E-state index is 14.2. The number of hydrogen-bond acceptors (Lipinski definition) is 8. The first-order chi connectivity index (χ1) is 21.8. The molecule has 0 radical (unpaired) electrons. The van der Waals surface area contributed by atoms with Crippen LogP contribution < -0.4 is 14.4 Å². The van der Waals surface area contributed by atoms with Crippen molar-refractivity contribution < 1.29 is 35.6 Å². The molecule has 9 nitrogen and oxygen atoms in total. The molecular formula is C31H27Cl2F3N4O5S. The van der Waals surface area contributed by atoms with E-state index >= 15 is 0 Å². The Morgan fingerprint density at radius 2 is 1.72 bits per heavy atom. The molecule has 2 fully saturated rings. The maximum Gasteiger partial charge on any atom is 0.435 e. The van der Waals surface area contributed by atoms with Crippen molar-refractivity contribution in [3.05, 3.63) is 92.8 Å². The monoisotopic (exact) mass is 694 g/mol. The number of anilines is 1. The van der Waals surface area contributed by atoms with Crippen molar-refractivity contribution in [1.82, 2.24) is 14.9 Å². The van der Waals surface area contributed by atoms with Gasteiger partial charge in [-0.1, -0.05) is 46.6 Å². The molecule has 2 aromatic carbocycles. The van der Waals surface area contributed by atoms with Crippen LogP contribution in [0.2, 0.25) is 10.0 Å². The van der Waals surface area contributed by atoms with Crippen LogP contribution >= 0.6 is 23.2 Å². The molecule has 15 heteroatoms. The van der Waals surface area contributed by atoms with Gasteiger partial charge in [-0.05, 0) is 61.6 Å². The predicted molar refractivity (Wildman–Crippen MR) is 165 cm³/mol. The first kappa shape index (κ1) is 32.1. The predicted octanol–water partition coefficient (Wildman–Crippen LogP) is 7.38. The van der Waals surface area contributed by atoms with E-state index in [1.165, 1.54) is 36.2 Å². The highest BCUT2D eigenvalue weighted by atomic mass is 35.5. The molecule has 2 aromatic heterocycles. The molecule has 0 unspecified atom stereocenters. The number of sulfonamides is 1. The molecule has 1 amide bonds. The SMILES string of the molecule is CN(Cc1ccc(C(=O)NS(=O)(=O)C2CC2)cc1)c1ccc(OCc2c(-c3c(Cl)cccc3Cl)noc2C2CC2)nc1C(F)(F)F. The lowest BCUT2D eigenvalue weighted by Gasteiger charge is -2.23. The molecule has 0 bridgehead atoms. The average Bonchev–Trinajstić information content (AvgIpc) is 3.93. The molecular weight excluding hydrogens is 668 g/mol. The van der Waals surface area contributed by atoms with E-state index < -0.39 is 33.1 Å². The third-order valence-electron chi connectivity index (χ3n) is 7.69. The molecule has 0 saturated heterocycles. The zero-order valence-corrected chi connectivity index (χ0v) is 26.6. The summed E-state index contributed by atoms with van der Waals surface area (Å²) in [6, 6.07) is 13.6. The number of carbonyl (C=O) groups excluding carboxylic acids is 1. The Labute approximate surface area is 272 Å². The topological polar surface area (TPSA) is 115 Å². The van der Waals surface area contributed by atoms with Crippen LogP contribution in [0.1, 0.15) is 64.5 Å². The van der Waals surface area contributed by atoms with E-state index in [0.29, 0.717) is 51.0 Å². The van der Waals surface area contributed by atoms with Crippen LogP contribution in [0.4, 0.5) is 18.9 Å². The van der Waals surface area contributed by atoms with Crippen molar-refractivity contribution in [1.29, 1.82) is 0 Å². The van der Waals surface area contributed by atoms with E-state index in [1.54, 1.807) is 30.3 Å². The summed E-state index contributed by atoms with van der Waals surface area (Å²) in [7, 11) is -2.23. The number of pyridine rings is 1. The number of ether oxygens (including phenoxy) is 1. The standard InChI is InChI=1S/C31H27Cl2F3N4O5S/c1-40(15-17-5-7-19(8-6-17)30(41)39-46(42,43)20-11-12-20)24-13-14-25(37-29(24)31(34,35)36)44-16-21-27(38-45-28(21)18-9-10-18)26-22(32)3-2-4-23(26)33/h2-8,13-14,18,20H,9-12,15-16H2,1H3,(H,39,41). The number of hydrogen-bond donors (Lipinski definition) is 1. The van der Waals surface area contributed by atoms with Crippen molar-refractivity contribution >= 4 is 44.8 Å². The van der Waals surface area contributed by atoms with Gasteiger partial charge in [-0.3, -0.25) is 4.79 Å². The number of nitrogens with one attached hydrogen (secondary N) is 1. The Morgan fingerprint density at radius 1 is 1.04 bits per heavy atom. The highest BCUT2D eigenvalue weighted by Gasteiger charge is 2.38. The van der Waals surface area contributed by atoms with Gasteiger partial charge in [0.2, 0.25) is 15.9 Å². The lowest BCUT2D eigenvalue weighted by molar-refractivity contribution is -0.140. The van der Waals surface area contributed by atoms with E-state index in [0.717, 1.165) is 12.8 Å². The Morgan fingerprint density at radius 3 is 2.33 bits per heavy atom. The average molecular weight is 696 g/mol. The molecule has 242 valence electrons. The molecule has 2 aliphatic rings. The van der Waals surface area contributed by atoms with Gasteiger partial charge in [0, 0.05) is 36.7 Å². The van der Waals surface area contributed by atoms with Crippen LogP contribution in [0, 0.1) is 0 Å². The van der Waals surface area contributed by atoms with Gasteiger partial charge in [-0.2, -0.15) is 13.2 Å². The van der Waals surface area contributed by atoms with Gasteiger partial charge >= 0.3 is 6.18 Å². The van der Waals surface area contributed by atoms with Gasteiger partial charge in [0.05, 0.1) is 26.5 Å². The van der Waals surface area contributed by atoms with Crippen molar-refractivity contribution in [2.75, 3.05) is 11.9 Å². The summed E-state index contributed by atoms with van der Waals surface area (Å²) in [5, 5.41) is 4.31. The molecule has 0 atom stereocenters. The minimum absolute atomic E-state index is 0.0423. The second-order valence-electron chi connectivity index (χ2n) is 11.3. The van der Waals surface area contributed by atoms with Crippen LogP contribution in [-0.2, 0) is 29.4 Å². The molecule has 4 aromatic rings. The van der Waals surface area contributed by atoms with Gasteiger partial charge in [-0.15, -0.1) is 0 Å². The summed E-state index contributed by atoms with van der Waals surface area (Å²) in [5.74, 6) is -0.315. The fraction of sp³-hybridized carbons (Fsp3) is 0.323. The number of benzene rings is 2. The zero-order chi connectivity index (χ0) is 32.8. The van der Waals surface area contributed by atoms with Crippen LogP contribution in [0.3, 0.4) is 0 Å². The summed E-state index contributed by atoms with van der Waals surface area (Å²) >= 11 is 12.8. The molecule has 2 saturated carbocycles. The third-order valence-corrected chi connectivity index (χ3v) is 10.1. The van der Waals surface area contributed by atoms with Crippen LogP contribution in [0.25, 0.3) is 11.3 Å². The third kappa shape index (κ3) is 6.96. The van der Waals surface area contributed by atoms with Gasteiger partial charge < -0.3 is 14.2 Å². The van der Waals surface area contributed by atoms with E-state index in [4.69, 9.17) is 32.5 Å². The van der Waals surface area contributed by atoms with E-state index in [-0.39, 0.29) is 36.2 Å². The van der Waals surface area contributed by atoms with Crippen LogP contribution in [0.15, 0.2) is 59.1 Å². The van der Waals surface area contributed by atoms with Gasteiger partial charge in [-0.25, -0.2) is 18.1 Å². The summed E-state index contributed by atoms with van der Waals surface area (Å²) in [5.41, 5.74) is 0.711. The number of rotatable bonds is 11. The number of halogens is 5. The minimum atomic E-state index is -4.80. The number of amides is 1. The quantitative estimate of drug-likeness (QED) is 0.173. The Bertz CT molecular complexity index is 1870.